The Balaban J connectivity index is 1.57. The highest BCUT2D eigenvalue weighted by molar-refractivity contribution is 5.95. The maximum Gasteiger partial charge on any atom is 0.253 e. The van der Waals surface area contributed by atoms with Crippen LogP contribution in [0.1, 0.15) is 34.7 Å². The average molecular weight is 394 g/mol. The SMILES string of the molecule is COc1ccc(C(=O)N2C[C@H](C(=O)NC3CC3)[C@@H](c3cccc(OC)c3)C2)cc1. The van der Waals surface area contributed by atoms with Gasteiger partial charge in [0.15, 0.2) is 0 Å². The van der Waals surface area contributed by atoms with Gasteiger partial charge in [-0.25, -0.2) is 0 Å². The highest BCUT2D eigenvalue weighted by atomic mass is 16.5. The van der Waals surface area contributed by atoms with E-state index in [0.29, 0.717) is 30.4 Å². The maximum atomic E-state index is 13.1. The number of benzene rings is 2. The number of carbonyl (C=O) groups excluding carboxylic acids is 2. The molecule has 6 heteroatoms. The Bertz CT molecular complexity index is 892. The van der Waals surface area contributed by atoms with Crippen LogP contribution in [0.25, 0.3) is 0 Å². The molecule has 0 radical (unpaired) electrons. The van der Waals surface area contributed by atoms with Crippen molar-refractivity contribution in [3.63, 3.8) is 0 Å². The molecule has 152 valence electrons. The molecule has 2 fully saturated rings. The summed E-state index contributed by atoms with van der Waals surface area (Å²) in [6.45, 7) is 0.909. The van der Waals surface area contributed by atoms with E-state index in [1.54, 1.807) is 43.4 Å². The van der Waals surface area contributed by atoms with Crippen LogP contribution < -0.4 is 14.8 Å². The van der Waals surface area contributed by atoms with Gasteiger partial charge in [-0.05, 0) is 54.8 Å². The summed E-state index contributed by atoms with van der Waals surface area (Å²) >= 11 is 0. The molecule has 2 aromatic carbocycles. The molecule has 2 aromatic rings. The second kappa shape index (κ2) is 8.15. The Labute approximate surface area is 170 Å². The Morgan fingerprint density at radius 2 is 1.69 bits per heavy atom. The number of hydrogen-bond acceptors (Lipinski definition) is 4. The molecular weight excluding hydrogens is 368 g/mol. The van der Waals surface area contributed by atoms with Gasteiger partial charge in [-0.15, -0.1) is 0 Å². The van der Waals surface area contributed by atoms with Gasteiger partial charge < -0.3 is 19.7 Å². The van der Waals surface area contributed by atoms with Crippen LogP contribution in [-0.4, -0.2) is 50.1 Å². The molecule has 29 heavy (non-hydrogen) atoms. The Hall–Kier alpha value is -3.02. The summed E-state index contributed by atoms with van der Waals surface area (Å²) in [5, 5.41) is 3.11. The molecule has 1 saturated carbocycles. The monoisotopic (exact) mass is 394 g/mol. The Morgan fingerprint density at radius 1 is 0.966 bits per heavy atom. The molecular formula is C23H26N2O4. The smallest absolute Gasteiger partial charge is 0.253 e. The van der Waals surface area contributed by atoms with Gasteiger partial charge >= 0.3 is 0 Å². The number of rotatable bonds is 6. The third-order valence-electron chi connectivity index (χ3n) is 5.73. The standard InChI is InChI=1S/C23H26N2O4/c1-28-18-10-6-15(7-11-18)23(27)25-13-20(16-4-3-5-19(12-16)29-2)21(14-25)22(26)24-17-8-9-17/h3-7,10-12,17,20-21H,8-9,13-14H2,1-2H3,(H,24,26)/t20-,21+/m1/s1. The fraction of sp³-hybridized carbons (Fsp3) is 0.391. The van der Waals surface area contributed by atoms with Gasteiger partial charge in [0.1, 0.15) is 11.5 Å². The highest BCUT2D eigenvalue weighted by Crippen LogP contribution is 2.36. The summed E-state index contributed by atoms with van der Waals surface area (Å²) in [4.78, 5) is 27.8. The van der Waals surface area contributed by atoms with Crippen molar-refractivity contribution in [2.45, 2.75) is 24.8 Å². The summed E-state index contributed by atoms with van der Waals surface area (Å²) in [5.74, 6) is 1.09. The van der Waals surface area contributed by atoms with Crippen molar-refractivity contribution in [3.05, 3.63) is 59.7 Å². The van der Waals surface area contributed by atoms with E-state index in [2.05, 4.69) is 5.32 Å². The first-order valence-electron chi connectivity index (χ1n) is 9.96. The van der Waals surface area contributed by atoms with E-state index in [4.69, 9.17) is 9.47 Å². The van der Waals surface area contributed by atoms with Crippen LogP contribution in [0.3, 0.4) is 0 Å². The zero-order chi connectivity index (χ0) is 20.4. The average Bonchev–Trinajstić information content (AvgIpc) is 3.46. The zero-order valence-corrected chi connectivity index (χ0v) is 16.8. The molecule has 0 unspecified atom stereocenters. The van der Waals surface area contributed by atoms with Crippen molar-refractivity contribution >= 4 is 11.8 Å². The Morgan fingerprint density at radius 3 is 2.34 bits per heavy atom. The number of hydrogen-bond donors (Lipinski definition) is 1. The highest BCUT2D eigenvalue weighted by Gasteiger charge is 2.42. The molecule has 4 rings (SSSR count). The minimum atomic E-state index is -0.273. The van der Waals surface area contributed by atoms with E-state index in [9.17, 15) is 9.59 Å². The van der Waals surface area contributed by atoms with Gasteiger partial charge in [-0.2, -0.15) is 0 Å². The molecule has 1 aliphatic carbocycles. The molecule has 6 nitrogen and oxygen atoms in total. The summed E-state index contributed by atoms with van der Waals surface area (Å²) in [5.41, 5.74) is 1.61. The van der Waals surface area contributed by atoms with Crippen molar-refractivity contribution in [3.8, 4) is 11.5 Å². The molecule has 1 saturated heterocycles. The lowest BCUT2D eigenvalue weighted by Crippen LogP contribution is -2.36. The minimum absolute atomic E-state index is 0.0327. The van der Waals surface area contributed by atoms with Gasteiger partial charge in [0, 0.05) is 30.6 Å². The lowest BCUT2D eigenvalue weighted by molar-refractivity contribution is -0.125. The van der Waals surface area contributed by atoms with Crippen LogP contribution in [0.2, 0.25) is 0 Å². The molecule has 0 bridgehead atoms. The minimum Gasteiger partial charge on any atom is -0.497 e. The van der Waals surface area contributed by atoms with Crippen LogP contribution in [-0.2, 0) is 4.79 Å². The number of ether oxygens (including phenoxy) is 2. The lowest BCUT2D eigenvalue weighted by Gasteiger charge is -2.18. The first-order valence-corrected chi connectivity index (χ1v) is 9.96. The Kier molecular flexibility index (Phi) is 5.43. The number of carbonyl (C=O) groups is 2. The van der Waals surface area contributed by atoms with Gasteiger partial charge in [0.05, 0.1) is 20.1 Å². The number of likely N-dealkylation sites (tertiary alicyclic amines) is 1. The summed E-state index contributed by atoms with van der Waals surface area (Å²) in [6.07, 6.45) is 2.08. The molecule has 2 amide bonds. The lowest BCUT2D eigenvalue weighted by atomic mass is 9.88. The van der Waals surface area contributed by atoms with Crippen molar-refractivity contribution < 1.29 is 19.1 Å². The third-order valence-corrected chi connectivity index (χ3v) is 5.73. The van der Waals surface area contributed by atoms with E-state index in [-0.39, 0.29) is 23.7 Å². The molecule has 2 atom stereocenters. The molecule has 1 aliphatic heterocycles. The van der Waals surface area contributed by atoms with Crippen molar-refractivity contribution in [2.24, 2.45) is 5.92 Å². The first-order chi connectivity index (χ1) is 14.1. The van der Waals surface area contributed by atoms with Crippen LogP contribution in [0, 0.1) is 5.92 Å². The molecule has 2 aliphatic rings. The second-order valence-electron chi connectivity index (χ2n) is 7.71. The van der Waals surface area contributed by atoms with Crippen molar-refractivity contribution in [2.75, 3.05) is 27.3 Å². The summed E-state index contributed by atoms with van der Waals surface area (Å²) < 4.78 is 10.5. The number of nitrogens with zero attached hydrogens (tertiary/aromatic N) is 1. The molecule has 0 aromatic heterocycles. The first kappa shape index (κ1) is 19.3. The van der Waals surface area contributed by atoms with Crippen LogP contribution >= 0.6 is 0 Å². The third kappa shape index (κ3) is 4.21. The van der Waals surface area contributed by atoms with E-state index >= 15 is 0 Å². The maximum absolute atomic E-state index is 13.1. The largest absolute Gasteiger partial charge is 0.497 e. The molecule has 0 spiro atoms. The number of nitrogens with one attached hydrogen (secondary N) is 1. The van der Waals surface area contributed by atoms with Gasteiger partial charge in [0.25, 0.3) is 5.91 Å². The molecule has 1 N–H and O–H groups in total. The van der Waals surface area contributed by atoms with E-state index < -0.39 is 0 Å². The van der Waals surface area contributed by atoms with E-state index in [1.807, 2.05) is 24.3 Å². The fourth-order valence-corrected chi connectivity index (χ4v) is 3.90. The normalized spacial score (nSPS) is 21.0. The number of amides is 2. The van der Waals surface area contributed by atoms with Crippen LogP contribution in [0.5, 0.6) is 11.5 Å². The van der Waals surface area contributed by atoms with Gasteiger partial charge in [-0.3, -0.25) is 9.59 Å². The topological polar surface area (TPSA) is 67.9 Å². The second-order valence-corrected chi connectivity index (χ2v) is 7.71. The van der Waals surface area contributed by atoms with Gasteiger partial charge in [-0.1, -0.05) is 12.1 Å². The van der Waals surface area contributed by atoms with Crippen LogP contribution in [0.4, 0.5) is 0 Å². The summed E-state index contributed by atoms with van der Waals surface area (Å²) in [7, 11) is 3.23. The van der Waals surface area contributed by atoms with Gasteiger partial charge in [0.2, 0.25) is 5.91 Å². The van der Waals surface area contributed by atoms with E-state index in [1.165, 1.54) is 0 Å². The zero-order valence-electron chi connectivity index (χ0n) is 16.8. The fourth-order valence-electron chi connectivity index (χ4n) is 3.90. The van der Waals surface area contributed by atoms with E-state index in [0.717, 1.165) is 24.2 Å². The molecule has 1 heterocycles. The predicted molar refractivity (Wildman–Crippen MR) is 109 cm³/mol. The number of methoxy groups -OCH3 is 2. The predicted octanol–water partition coefficient (Wildman–Crippen LogP) is 2.84. The van der Waals surface area contributed by atoms with Crippen molar-refractivity contribution in [1.82, 2.24) is 10.2 Å². The quantitative estimate of drug-likeness (QED) is 0.818. The van der Waals surface area contributed by atoms with Crippen LogP contribution in [0.15, 0.2) is 48.5 Å². The van der Waals surface area contributed by atoms with Crippen molar-refractivity contribution in [1.29, 1.82) is 0 Å². The summed E-state index contributed by atoms with van der Waals surface area (Å²) in [6, 6.07) is 15.2.